The molecule has 0 aliphatic heterocycles. The van der Waals surface area contributed by atoms with Gasteiger partial charge in [-0.05, 0) is 56.5 Å². The SMILES string of the molecule is [B]c1c([B])c(C(c2ccccc2-c2cccc3oc4c5ccccc5ccc4c23)c2c([B])c([B])c(-c3ccccc3)c([B])c2[B])c([B])c([B])c1-c1ccccc1. The number of hydrogen-bond donors (Lipinski definition) is 0. The average molecular weight is 691 g/mol. The van der Waals surface area contributed by atoms with Gasteiger partial charge in [-0.2, -0.15) is 0 Å². The summed E-state index contributed by atoms with van der Waals surface area (Å²) in [4.78, 5) is 0. The van der Waals surface area contributed by atoms with E-state index in [0.29, 0.717) is 22.3 Å². The Balaban J connectivity index is 1.38. The van der Waals surface area contributed by atoms with Gasteiger partial charge in [0, 0.05) is 22.1 Å². The van der Waals surface area contributed by atoms with Gasteiger partial charge in [-0.15, -0.1) is 0 Å². The van der Waals surface area contributed by atoms with Gasteiger partial charge in [0.1, 0.15) is 73.9 Å². The minimum atomic E-state index is -0.843. The second-order valence-electron chi connectivity index (χ2n) is 14.1. The molecular formula is C47H24B8O. The summed E-state index contributed by atoms with van der Waals surface area (Å²) in [5.41, 5.74) is 9.59. The minimum Gasteiger partial charge on any atom is -0.455 e. The van der Waals surface area contributed by atoms with Gasteiger partial charge >= 0.3 is 0 Å². The van der Waals surface area contributed by atoms with E-state index in [2.05, 4.69) is 30.3 Å². The van der Waals surface area contributed by atoms with Crippen LogP contribution in [0.4, 0.5) is 0 Å². The van der Waals surface area contributed by atoms with Crippen molar-refractivity contribution in [1.29, 1.82) is 0 Å². The van der Waals surface area contributed by atoms with E-state index >= 15 is 0 Å². The molecule has 0 aliphatic rings. The Hall–Kier alpha value is -5.66. The molecular weight excluding hydrogens is 667 g/mol. The Bertz CT molecular complexity index is 2850. The van der Waals surface area contributed by atoms with Gasteiger partial charge in [-0.1, -0.05) is 182 Å². The van der Waals surface area contributed by atoms with Crippen LogP contribution in [0.2, 0.25) is 0 Å². The summed E-state index contributed by atoms with van der Waals surface area (Å²) in [6, 6.07) is 45.5. The molecule has 0 spiro atoms. The minimum absolute atomic E-state index is 0.233. The van der Waals surface area contributed by atoms with Crippen molar-refractivity contribution in [2.24, 2.45) is 0 Å². The average Bonchev–Trinajstić information content (AvgIpc) is 3.62. The summed E-state index contributed by atoms with van der Waals surface area (Å²) in [6.45, 7) is 0. The zero-order chi connectivity index (χ0) is 38.8. The fraction of sp³-hybridized carbons (Fsp3) is 0.0213. The van der Waals surface area contributed by atoms with E-state index in [1.165, 1.54) is 0 Å². The van der Waals surface area contributed by atoms with Gasteiger partial charge < -0.3 is 4.42 Å². The topological polar surface area (TPSA) is 13.1 Å². The summed E-state index contributed by atoms with van der Waals surface area (Å²) < 4.78 is 6.60. The van der Waals surface area contributed by atoms with Crippen LogP contribution < -0.4 is 43.7 Å². The van der Waals surface area contributed by atoms with Crippen LogP contribution in [-0.4, -0.2) is 62.8 Å². The van der Waals surface area contributed by atoms with Crippen molar-refractivity contribution in [2.75, 3.05) is 0 Å². The van der Waals surface area contributed by atoms with Gasteiger partial charge in [-0.3, -0.25) is 0 Å². The third kappa shape index (κ3) is 5.58. The van der Waals surface area contributed by atoms with Crippen molar-refractivity contribution in [1.82, 2.24) is 0 Å². The number of fused-ring (bicyclic) bond motifs is 5. The maximum atomic E-state index is 7.13. The molecule has 0 saturated carbocycles. The fourth-order valence-electron chi connectivity index (χ4n) is 8.38. The largest absolute Gasteiger partial charge is 0.455 e. The van der Waals surface area contributed by atoms with Crippen LogP contribution in [0.3, 0.4) is 0 Å². The molecule has 0 aliphatic carbocycles. The Morgan fingerprint density at radius 1 is 0.375 bits per heavy atom. The number of rotatable bonds is 6. The summed E-state index contributed by atoms with van der Waals surface area (Å²) in [5.74, 6) is -0.843. The maximum Gasteiger partial charge on any atom is 0.143 e. The van der Waals surface area contributed by atoms with Crippen molar-refractivity contribution in [3.63, 3.8) is 0 Å². The molecule has 1 nitrogen and oxygen atoms in total. The van der Waals surface area contributed by atoms with Crippen LogP contribution in [0, 0.1) is 0 Å². The molecule has 0 saturated heterocycles. The molecule has 0 bridgehead atoms. The molecule has 0 N–H and O–H groups in total. The first-order valence-corrected chi connectivity index (χ1v) is 18.2. The quantitative estimate of drug-likeness (QED) is 0.193. The van der Waals surface area contributed by atoms with Crippen molar-refractivity contribution >= 4 is 139 Å². The van der Waals surface area contributed by atoms with E-state index in [9.17, 15) is 0 Å². The highest BCUT2D eigenvalue weighted by molar-refractivity contribution is 6.62. The molecule has 1 heterocycles. The zero-order valence-electron chi connectivity index (χ0n) is 30.4. The molecule has 9 aromatic rings. The number of furan rings is 1. The highest BCUT2D eigenvalue weighted by Gasteiger charge is 2.30. The third-order valence-electron chi connectivity index (χ3n) is 11.1. The Kier molecular flexibility index (Phi) is 9.08. The normalized spacial score (nSPS) is 11.6. The molecule has 56 heavy (non-hydrogen) atoms. The lowest BCUT2D eigenvalue weighted by molar-refractivity contribution is 0.673. The second-order valence-corrected chi connectivity index (χ2v) is 14.1. The van der Waals surface area contributed by atoms with E-state index < -0.39 is 5.92 Å². The first-order chi connectivity index (χ1) is 27.2. The highest BCUT2D eigenvalue weighted by Crippen LogP contribution is 2.43. The summed E-state index contributed by atoms with van der Waals surface area (Å²) in [5, 5.41) is 4.02. The predicted molar refractivity (Wildman–Crippen MR) is 244 cm³/mol. The van der Waals surface area contributed by atoms with E-state index in [0.717, 1.165) is 60.5 Å². The van der Waals surface area contributed by atoms with Crippen LogP contribution in [0.1, 0.15) is 22.6 Å². The van der Waals surface area contributed by atoms with Crippen LogP contribution in [-0.2, 0) is 0 Å². The molecule has 9 heteroatoms. The fourth-order valence-corrected chi connectivity index (χ4v) is 8.38. The first kappa shape index (κ1) is 36.0. The molecule has 0 atom stereocenters. The van der Waals surface area contributed by atoms with Crippen LogP contribution in [0.15, 0.2) is 144 Å². The Labute approximate surface area is 337 Å². The van der Waals surface area contributed by atoms with Crippen molar-refractivity contribution in [3.8, 4) is 33.4 Å². The van der Waals surface area contributed by atoms with E-state index in [1.54, 1.807) is 0 Å². The lowest BCUT2D eigenvalue weighted by Gasteiger charge is -2.34. The predicted octanol–water partition coefficient (Wildman–Crippen LogP) is 3.27. The smallest absolute Gasteiger partial charge is 0.143 e. The van der Waals surface area contributed by atoms with E-state index in [-0.39, 0.29) is 43.7 Å². The zero-order valence-corrected chi connectivity index (χ0v) is 30.4. The van der Waals surface area contributed by atoms with Crippen molar-refractivity contribution in [3.05, 3.63) is 156 Å². The molecule has 9 rings (SSSR count). The summed E-state index contributed by atoms with van der Waals surface area (Å²) in [7, 11) is 56.3. The number of hydrogen-bond acceptors (Lipinski definition) is 1. The van der Waals surface area contributed by atoms with E-state index in [4.69, 9.17) is 67.2 Å². The molecule has 242 valence electrons. The van der Waals surface area contributed by atoms with Crippen molar-refractivity contribution in [2.45, 2.75) is 5.92 Å². The maximum absolute atomic E-state index is 7.13. The van der Waals surface area contributed by atoms with Crippen LogP contribution >= 0.6 is 0 Å². The standard InChI is InChI=1S/C47H24B8O/c48-39-33(25-13-3-1-4-14-25)40(49)44(53)37(43(39)52)36(38-45(54)41(50)34(42(51)46(38)55)26-15-5-2-6-16-26)30-19-10-9-18-28(30)29-20-11-21-32-35(29)31-23-22-24-12-7-8-17-27(24)47(31)56-32/h1-23,36H. The first-order valence-electron chi connectivity index (χ1n) is 18.2. The van der Waals surface area contributed by atoms with Gasteiger partial charge in [0.2, 0.25) is 0 Å². The van der Waals surface area contributed by atoms with Crippen LogP contribution in [0.25, 0.3) is 66.1 Å². The molecule has 0 fully saturated rings. The van der Waals surface area contributed by atoms with E-state index in [1.807, 2.05) is 109 Å². The highest BCUT2D eigenvalue weighted by atomic mass is 16.3. The Morgan fingerprint density at radius 3 is 1.43 bits per heavy atom. The van der Waals surface area contributed by atoms with Crippen LogP contribution in [0.5, 0.6) is 0 Å². The monoisotopic (exact) mass is 692 g/mol. The van der Waals surface area contributed by atoms with Crippen molar-refractivity contribution < 1.29 is 4.42 Å². The van der Waals surface area contributed by atoms with Gasteiger partial charge in [-0.25, -0.2) is 0 Å². The molecule has 16 radical (unpaired) electrons. The van der Waals surface area contributed by atoms with Gasteiger partial charge in [0.05, 0.1) is 0 Å². The molecule has 8 aromatic carbocycles. The summed E-state index contributed by atoms with van der Waals surface area (Å²) in [6.07, 6.45) is 0. The van der Waals surface area contributed by atoms with Gasteiger partial charge in [0.15, 0.2) is 0 Å². The van der Waals surface area contributed by atoms with Gasteiger partial charge in [0.25, 0.3) is 0 Å². The molecule has 1 aromatic heterocycles. The molecule has 0 unspecified atom stereocenters. The lowest BCUT2D eigenvalue weighted by atomic mass is 9.56. The molecule has 0 amide bonds. The second kappa shape index (κ2) is 14.1. The third-order valence-corrected chi connectivity index (χ3v) is 11.1. The summed E-state index contributed by atoms with van der Waals surface area (Å²) >= 11 is 0. The number of benzene rings is 8. The Morgan fingerprint density at radius 2 is 0.857 bits per heavy atom. The lowest BCUT2D eigenvalue weighted by Crippen LogP contribution is -2.51.